The Hall–Kier alpha value is -3.97. The first kappa shape index (κ1) is 27.1. The molecule has 0 spiro atoms. The summed E-state index contributed by atoms with van der Waals surface area (Å²) in [6.45, 7) is 1.26. The van der Waals surface area contributed by atoms with Gasteiger partial charge < -0.3 is 14.8 Å². The van der Waals surface area contributed by atoms with Crippen molar-refractivity contribution in [3.63, 3.8) is 0 Å². The van der Waals surface area contributed by atoms with Crippen molar-refractivity contribution in [2.75, 3.05) is 27.4 Å². The monoisotopic (exact) mass is 512 g/mol. The zero-order chi connectivity index (χ0) is 26.6. The number of unbranched alkanes of at least 4 members (excludes halogenated alkanes) is 1. The Bertz CT molecular complexity index is 1270. The molecule has 1 unspecified atom stereocenters. The normalized spacial score (nSPS) is 11.7. The minimum absolute atomic E-state index is 0.0413. The molecule has 7 nitrogen and oxygen atoms in total. The van der Waals surface area contributed by atoms with Gasteiger partial charge in [-0.3, -0.25) is 4.79 Å². The van der Waals surface area contributed by atoms with Crippen molar-refractivity contribution in [3.05, 3.63) is 101 Å². The van der Waals surface area contributed by atoms with E-state index < -0.39 is 0 Å². The van der Waals surface area contributed by atoms with E-state index in [1.165, 1.54) is 5.56 Å². The summed E-state index contributed by atoms with van der Waals surface area (Å²) in [6.07, 6.45) is 4.51. The fourth-order valence-corrected chi connectivity index (χ4v) is 4.61. The molecule has 1 aromatic heterocycles. The fourth-order valence-electron chi connectivity index (χ4n) is 4.61. The molecule has 0 bridgehead atoms. The molecule has 2 N–H and O–H groups in total. The number of amides is 1. The Morgan fingerprint density at radius 1 is 0.921 bits per heavy atom. The van der Waals surface area contributed by atoms with Crippen LogP contribution in [-0.2, 0) is 17.6 Å². The highest BCUT2D eigenvalue weighted by Crippen LogP contribution is 2.31. The second kappa shape index (κ2) is 14.1. The molecular formula is C31H36N4O3. The fraction of sp³-hybridized carbons (Fsp3) is 0.323. The highest BCUT2D eigenvalue weighted by molar-refractivity contribution is 5.94. The number of aromatic amines is 1. The number of H-pyrrole nitrogens is 1. The molecular weight excluding hydrogens is 476 g/mol. The summed E-state index contributed by atoms with van der Waals surface area (Å²) in [6, 6.07) is 26.1. The van der Waals surface area contributed by atoms with Crippen LogP contribution in [0, 0.1) is 0 Å². The van der Waals surface area contributed by atoms with Crippen molar-refractivity contribution in [1.29, 1.82) is 0 Å². The van der Waals surface area contributed by atoms with Gasteiger partial charge in [0.2, 0.25) is 0 Å². The van der Waals surface area contributed by atoms with E-state index in [0.717, 1.165) is 60.4 Å². The third-order valence-electron chi connectivity index (χ3n) is 6.69. The van der Waals surface area contributed by atoms with Crippen LogP contribution in [-0.4, -0.2) is 48.7 Å². The maximum absolute atomic E-state index is 12.8. The van der Waals surface area contributed by atoms with Crippen molar-refractivity contribution in [2.45, 2.75) is 38.0 Å². The average molecular weight is 513 g/mol. The molecule has 1 atom stereocenters. The number of rotatable bonds is 14. The van der Waals surface area contributed by atoms with Crippen molar-refractivity contribution in [2.24, 2.45) is 0 Å². The summed E-state index contributed by atoms with van der Waals surface area (Å²) in [4.78, 5) is 12.8. The van der Waals surface area contributed by atoms with Crippen LogP contribution in [0.15, 0.2) is 78.9 Å². The number of carbonyl (C=O) groups excluding carboxylic acids is 1. The molecule has 0 aliphatic carbocycles. The molecule has 0 aliphatic heterocycles. The van der Waals surface area contributed by atoms with Crippen LogP contribution in [0.25, 0.3) is 11.3 Å². The molecule has 1 heterocycles. The van der Waals surface area contributed by atoms with Crippen LogP contribution in [0.4, 0.5) is 0 Å². The van der Waals surface area contributed by atoms with Gasteiger partial charge in [0.15, 0.2) is 0 Å². The Kier molecular flexibility index (Phi) is 10.0. The van der Waals surface area contributed by atoms with E-state index in [-0.39, 0.29) is 11.8 Å². The van der Waals surface area contributed by atoms with Crippen LogP contribution in [0.3, 0.4) is 0 Å². The molecule has 0 saturated carbocycles. The lowest BCUT2D eigenvalue weighted by molar-refractivity contribution is 0.0953. The van der Waals surface area contributed by atoms with Gasteiger partial charge in [-0.05, 0) is 79.6 Å². The van der Waals surface area contributed by atoms with E-state index in [0.29, 0.717) is 18.7 Å². The quantitative estimate of drug-likeness (QED) is 0.215. The predicted molar refractivity (Wildman–Crippen MR) is 149 cm³/mol. The second-order valence-corrected chi connectivity index (χ2v) is 9.37. The Balaban J connectivity index is 1.39. The smallest absolute Gasteiger partial charge is 0.251 e. The maximum atomic E-state index is 12.8. The summed E-state index contributed by atoms with van der Waals surface area (Å²) in [7, 11) is 3.35. The van der Waals surface area contributed by atoms with Gasteiger partial charge in [0.25, 0.3) is 5.91 Å². The van der Waals surface area contributed by atoms with Gasteiger partial charge in [-0.25, -0.2) is 0 Å². The van der Waals surface area contributed by atoms with E-state index in [1.807, 2.05) is 48.5 Å². The number of benzene rings is 3. The van der Waals surface area contributed by atoms with E-state index in [9.17, 15) is 4.79 Å². The zero-order valence-corrected chi connectivity index (χ0v) is 22.2. The van der Waals surface area contributed by atoms with Gasteiger partial charge >= 0.3 is 0 Å². The Morgan fingerprint density at radius 3 is 2.47 bits per heavy atom. The lowest BCUT2D eigenvalue weighted by atomic mass is 9.90. The minimum atomic E-state index is -0.0413. The van der Waals surface area contributed by atoms with E-state index in [4.69, 9.17) is 9.47 Å². The number of methoxy groups -OCH3 is 2. The zero-order valence-electron chi connectivity index (χ0n) is 22.2. The number of aryl methyl sites for hydroxylation is 1. The summed E-state index contributed by atoms with van der Waals surface area (Å²) in [5.41, 5.74) is 5.76. The summed E-state index contributed by atoms with van der Waals surface area (Å²) >= 11 is 0. The Labute approximate surface area is 224 Å². The van der Waals surface area contributed by atoms with Crippen LogP contribution in [0.2, 0.25) is 0 Å². The predicted octanol–water partition coefficient (Wildman–Crippen LogP) is 5.60. The summed E-state index contributed by atoms with van der Waals surface area (Å²) < 4.78 is 10.7. The number of hydrogen-bond donors (Lipinski definition) is 2. The van der Waals surface area contributed by atoms with Crippen molar-refractivity contribution in [3.8, 4) is 17.0 Å². The summed E-state index contributed by atoms with van der Waals surface area (Å²) in [5, 5.41) is 14.8. The molecule has 0 radical (unpaired) electrons. The minimum Gasteiger partial charge on any atom is -0.497 e. The van der Waals surface area contributed by atoms with Crippen molar-refractivity contribution >= 4 is 5.91 Å². The standard InChI is InChI=1S/C31H36N4O3/c1-37-20-18-26(30-29(33-35-34-30)25-14-16-28(38-2)17-15-25)21-24-12-8-13-27(22-24)31(36)32-19-7-6-11-23-9-4-3-5-10-23/h3-5,8-10,12-17,22,26H,6-7,11,18-21H2,1-2H3,(H,32,36)(H,33,34,35). The molecule has 0 fully saturated rings. The first-order valence-electron chi connectivity index (χ1n) is 13.1. The van der Waals surface area contributed by atoms with Gasteiger partial charge in [-0.1, -0.05) is 42.5 Å². The van der Waals surface area contributed by atoms with Gasteiger partial charge in [-0.2, -0.15) is 15.4 Å². The van der Waals surface area contributed by atoms with Crippen LogP contribution in [0.1, 0.15) is 52.4 Å². The topological polar surface area (TPSA) is 89.1 Å². The SMILES string of the molecule is COCCC(Cc1cccc(C(=O)NCCCCc2ccccc2)c1)c1n[nH]nc1-c1ccc(OC)cc1. The number of aromatic nitrogens is 3. The first-order chi connectivity index (χ1) is 18.7. The first-order valence-corrected chi connectivity index (χ1v) is 13.1. The molecule has 4 rings (SSSR count). The van der Waals surface area contributed by atoms with Gasteiger partial charge in [-0.15, -0.1) is 0 Å². The molecule has 4 aromatic rings. The molecule has 198 valence electrons. The van der Waals surface area contributed by atoms with Gasteiger partial charge in [0.1, 0.15) is 11.4 Å². The molecule has 0 saturated heterocycles. The van der Waals surface area contributed by atoms with E-state index in [2.05, 4.69) is 51.1 Å². The third kappa shape index (κ3) is 7.52. The van der Waals surface area contributed by atoms with Gasteiger partial charge in [0.05, 0.1) is 12.8 Å². The average Bonchev–Trinajstić information content (AvgIpc) is 3.45. The van der Waals surface area contributed by atoms with E-state index in [1.54, 1.807) is 14.2 Å². The lowest BCUT2D eigenvalue weighted by Gasteiger charge is -2.16. The maximum Gasteiger partial charge on any atom is 0.251 e. The largest absolute Gasteiger partial charge is 0.497 e. The van der Waals surface area contributed by atoms with Gasteiger partial charge in [0, 0.05) is 37.3 Å². The number of nitrogens with one attached hydrogen (secondary N) is 2. The second-order valence-electron chi connectivity index (χ2n) is 9.37. The number of ether oxygens (including phenoxy) is 2. The Morgan fingerprint density at radius 2 is 1.71 bits per heavy atom. The summed E-state index contributed by atoms with van der Waals surface area (Å²) in [5.74, 6) is 0.823. The molecule has 38 heavy (non-hydrogen) atoms. The third-order valence-corrected chi connectivity index (χ3v) is 6.69. The number of carbonyl (C=O) groups is 1. The van der Waals surface area contributed by atoms with E-state index >= 15 is 0 Å². The van der Waals surface area contributed by atoms with Crippen LogP contribution in [0.5, 0.6) is 5.75 Å². The van der Waals surface area contributed by atoms with Crippen LogP contribution >= 0.6 is 0 Å². The van der Waals surface area contributed by atoms with Crippen molar-refractivity contribution < 1.29 is 14.3 Å². The van der Waals surface area contributed by atoms with Crippen LogP contribution < -0.4 is 10.1 Å². The van der Waals surface area contributed by atoms with Crippen molar-refractivity contribution in [1.82, 2.24) is 20.7 Å². The highest BCUT2D eigenvalue weighted by Gasteiger charge is 2.22. The molecule has 1 amide bonds. The molecule has 7 heteroatoms. The molecule has 3 aromatic carbocycles. The number of hydrogen-bond acceptors (Lipinski definition) is 5. The number of nitrogens with zero attached hydrogens (tertiary/aromatic N) is 2. The molecule has 0 aliphatic rings. The highest BCUT2D eigenvalue weighted by atomic mass is 16.5. The lowest BCUT2D eigenvalue weighted by Crippen LogP contribution is -2.24.